The number of imidazole rings is 1. The molecule has 0 aliphatic carbocycles. The van der Waals surface area contributed by atoms with Gasteiger partial charge in [-0.05, 0) is 31.0 Å². The summed E-state index contributed by atoms with van der Waals surface area (Å²) >= 11 is 0. The van der Waals surface area contributed by atoms with Crippen molar-refractivity contribution in [1.29, 1.82) is 0 Å². The van der Waals surface area contributed by atoms with E-state index in [1.54, 1.807) is 11.6 Å². The Morgan fingerprint density at radius 3 is 2.65 bits per heavy atom. The molecule has 0 aliphatic rings. The molecule has 0 fully saturated rings. The second-order valence-electron chi connectivity index (χ2n) is 6.51. The van der Waals surface area contributed by atoms with Crippen LogP contribution in [0.2, 0.25) is 0 Å². The predicted molar refractivity (Wildman–Crippen MR) is 97.6 cm³/mol. The van der Waals surface area contributed by atoms with Gasteiger partial charge in [0.1, 0.15) is 18.5 Å². The van der Waals surface area contributed by atoms with Gasteiger partial charge in [0.2, 0.25) is 0 Å². The lowest BCUT2D eigenvalue weighted by Gasteiger charge is -2.15. The van der Waals surface area contributed by atoms with Crippen LogP contribution in [0.4, 0.5) is 0 Å². The lowest BCUT2D eigenvalue weighted by molar-refractivity contribution is 0.0930. The smallest absolute Gasteiger partial charge is 0.332 e. The quantitative estimate of drug-likeness (QED) is 0.717. The average molecular weight is 358 g/mol. The number of benzene rings is 1. The molecule has 1 aromatic carbocycles. The molecule has 26 heavy (non-hydrogen) atoms. The van der Waals surface area contributed by atoms with Crippen LogP contribution in [-0.4, -0.2) is 36.5 Å². The normalized spacial score (nSPS) is 12.5. The molecule has 3 aromatic rings. The number of ether oxygens (including phenoxy) is 1. The van der Waals surface area contributed by atoms with E-state index in [2.05, 4.69) is 4.98 Å². The standard InChI is InChI=1S/C18H22N4O4/c1-11-5-6-12(2)14(7-11)26-9-13(23)8-22-10-19-16-15(22)17(24)21(4)18(25)20(16)3/h5-7,10,13,23H,8-9H2,1-4H3. The number of aromatic nitrogens is 4. The zero-order valence-electron chi connectivity index (χ0n) is 15.3. The van der Waals surface area contributed by atoms with Crippen LogP contribution in [-0.2, 0) is 20.6 Å². The van der Waals surface area contributed by atoms with Gasteiger partial charge in [-0.1, -0.05) is 12.1 Å². The summed E-state index contributed by atoms with van der Waals surface area (Å²) in [7, 11) is 2.98. The van der Waals surface area contributed by atoms with E-state index < -0.39 is 17.4 Å². The molecule has 138 valence electrons. The Morgan fingerprint density at radius 1 is 1.19 bits per heavy atom. The van der Waals surface area contributed by atoms with Crippen LogP contribution in [0.25, 0.3) is 11.2 Å². The van der Waals surface area contributed by atoms with Gasteiger partial charge >= 0.3 is 5.69 Å². The van der Waals surface area contributed by atoms with E-state index in [-0.39, 0.29) is 18.7 Å². The molecule has 1 N–H and O–H groups in total. The molecule has 2 aromatic heterocycles. The van der Waals surface area contributed by atoms with Crippen LogP contribution in [0.5, 0.6) is 5.75 Å². The second-order valence-corrected chi connectivity index (χ2v) is 6.51. The minimum absolute atomic E-state index is 0.0794. The summed E-state index contributed by atoms with van der Waals surface area (Å²) in [6, 6.07) is 5.88. The third kappa shape index (κ3) is 3.15. The van der Waals surface area contributed by atoms with Crippen molar-refractivity contribution in [3.63, 3.8) is 0 Å². The van der Waals surface area contributed by atoms with Gasteiger partial charge in [-0.3, -0.25) is 13.9 Å². The Labute approximate surface area is 149 Å². The summed E-state index contributed by atoms with van der Waals surface area (Å²) in [5.74, 6) is 0.720. The third-order valence-corrected chi connectivity index (χ3v) is 4.40. The lowest BCUT2D eigenvalue weighted by atomic mass is 10.1. The zero-order chi connectivity index (χ0) is 19.0. The molecule has 2 heterocycles. The molecule has 8 heteroatoms. The van der Waals surface area contributed by atoms with Crippen molar-refractivity contribution in [1.82, 2.24) is 18.7 Å². The number of aliphatic hydroxyl groups excluding tert-OH is 1. The number of rotatable bonds is 5. The van der Waals surface area contributed by atoms with Crippen LogP contribution in [0.15, 0.2) is 34.1 Å². The van der Waals surface area contributed by atoms with Gasteiger partial charge < -0.3 is 14.4 Å². The minimum Gasteiger partial charge on any atom is -0.491 e. The van der Waals surface area contributed by atoms with Gasteiger partial charge in [0.05, 0.1) is 12.9 Å². The van der Waals surface area contributed by atoms with Crippen LogP contribution < -0.4 is 16.0 Å². The number of hydrogen-bond donors (Lipinski definition) is 1. The Morgan fingerprint density at radius 2 is 1.92 bits per heavy atom. The number of nitrogens with zero attached hydrogens (tertiary/aromatic N) is 4. The summed E-state index contributed by atoms with van der Waals surface area (Å²) < 4.78 is 9.60. The molecule has 0 saturated heterocycles. The monoisotopic (exact) mass is 358 g/mol. The van der Waals surface area contributed by atoms with Crippen molar-refractivity contribution in [2.24, 2.45) is 14.1 Å². The van der Waals surface area contributed by atoms with Crippen LogP contribution in [0, 0.1) is 13.8 Å². The molecule has 0 aliphatic heterocycles. The Bertz CT molecular complexity index is 1080. The van der Waals surface area contributed by atoms with Crippen LogP contribution in [0.1, 0.15) is 11.1 Å². The van der Waals surface area contributed by atoms with E-state index in [1.807, 2.05) is 32.0 Å². The van der Waals surface area contributed by atoms with E-state index >= 15 is 0 Å². The Kier molecular flexibility index (Phi) is 4.69. The number of aryl methyl sites for hydroxylation is 3. The summed E-state index contributed by atoms with van der Waals surface area (Å²) in [4.78, 5) is 28.5. The van der Waals surface area contributed by atoms with Gasteiger partial charge in [0.15, 0.2) is 11.2 Å². The van der Waals surface area contributed by atoms with Crippen molar-refractivity contribution in [3.05, 3.63) is 56.5 Å². The van der Waals surface area contributed by atoms with Gasteiger partial charge in [-0.15, -0.1) is 0 Å². The maximum Gasteiger partial charge on any atom is 0.332 e. The lowest BCUT2D eigenvalue weighted by Crippen LogP contribution is -2.38. The summed E-state index contributed by atoms with van der Waals surface area (Å²) in [6.45, 7) is 4.13. The summed E-state index contributed by atoms with van der Waals surface area (Å²) in [6.07, 6.45) is 0.612. The maximum absolute atomic E-state index is 12.4. The second kappa shape index (κ2) is 6.80. The number of fused-ring (bicyclic) bond motifs is 1. The fraction of sp³-hybridized carbons (Fsp3) is 0.389. The first-order valence-corrected chi connectivity index (χ1v) is 8.28. The highest BCUT2D eigenvalue weighted by Crippen LogP contribution is 2.19. The van der Waals surface area contributed by atoms with E-state index in [0.717, 1.165) is 21.4 Å². The van der Waals surface area contributed by atoms with E-state index in [1.165, 1.54) is 17.9 Å². The third-order valence-electron chi connectivity index (χ3n) is 4.40. The molecule has 0 amide bonds. The highest BCUT2D eigenvalue weighted by atomic mass is 16.5. The molecule has 0 spiro atoms. The first kappa shape index (κ1) is 17.9. The van der Waals surface area contributed by atoms with E-state index in [0.29, 0.717) is 5.65 Å². The van der Waals surface area contributed by atoms with Crippen molar-refractivity contribution in [2.75, 3.05) is 6.61 Å². The van der Waals surface area contributed by atoms with Crippen LogP contribution in [0.3, 0.4) is 0 Å². The molecule has 0 radical (unpaired) electrons. The minimum atomic E-state index is -0.839. The first-order chi connectivity index (χ1) is 12.3. The van der Waals surface area contributed by atoms with Gasteiger partial charge in [0, 0.05) is 14.1 Å². The van der Waals surface area contributed by atoms with Crippen molar-refractivity contribution >= 4 is 11.2 Å². The van der Waals surface area contributed by atoms with Gasteiger partial charge in [0.25, 0.3) is 5.56 Å². The Hall–Kier alpha value is -2.87. The highest BCUT2D eigenvalue weighted by Gasteiger charge is 2.16. The fourth-order valence-electron chi connectivity index (χ4n) is 2.86. The van der Waals surface area contributed by atoms with Crippen molar-refractivity contribution in [2.45, 2.75) is 26.5 Å². The van der Waals surface area contributed by atoms with Gasteiger partial charge in [-0.2, -0.15) is 0 Å². The fourth-order valence-corrected chi connectivity index (χ4v) is 2.86. The summed E-state index contributed by atoms with van der Waals surface area (Å²) in [5, 5.41) is 10.3. The molecule has 0 saturated carbocycles. The SMILES string of the molecule is Cc1ccc(C)c(OCC(O)Cn2cnc3c2c(=O)n(C)c(=O)n3C)c1. The first-order valence-electron chi connectivity index (χ1n) is 8.28. The van der Waals surface area contributed by atoms with Gasteiger partial charge in [-0.25, -0.2) is 9.78 Å². The number of aliphatic hydroxyl groups is 1. The maximum atomic E-state index is 12.4. The highest BCUT2D eigenvalue weighted by molar-refractivity contribution is 5.69. The van der Waals surface area contributed by atoms with Crippen molar-refractivity contribution < 1.29 is 9.84 Å². The molecule has 1 unspecified atom stereocenters. The van der Waals surface area contributed by atoms with Crippen LogP contribution >= 0.6 is 0 Å². The molecular weight excluding hydrogens is 336 g/mol. The average Bonchev–Trinajstić information content (AvgIpc) is 3.02. The molecule has 0 bridgehead atoms. The summed E-state index contributed by atoms with van der Waals surface area (Å²) in [5.41, 5.74) is 1.75. The number of hydrogen-bond acceptors (Lipinski definition) is 5. The molecule has 8 nitrogen and oxygen atoms in total. The van der Waals surface area contributed by atoms with E-state index in [4.69, 9.17) is 4.74 Å². The zero-order valence-corrected chi connectivity index (χ0v) is 15.3. The topological polar surface area (TPSA) is 91.3 Å². The predicted octanol–water partition coefficient (Wildman–Crippen LogP) is 0.490. The largest absolute Gasteiger partial charge is 0.491 e. The Balaban J connectivity index is 1.82. The van der Waals surface area contributed by atoms with Crippen molar-refractivity contribution in [3.8, 4) is 5.75 Å². The molecule has 3 rings (SSSR count). The molecule has 1 atom stereocenters. The molecular formula is C18H22N4O4. The van der Waals surface area contributed by atoms with E-state index in [9.17, 15) is 14.7 Å².